The number of amides is 1. The quantitative estimate of drug-likeness (QED) is 0.441. The van der Waals surface area contributed by atoms with E-state index in [4.69, 9.17) is 16.3 Å². The highest BCUT2D eigenvalue weighted by Crippen LogP contribution is 2.31. The van der Waals surface area contributed by atoms with Crippen LogP contribution in [-0.4, -0.2) is 28.3 Å². The molecule has 0 spiro atoms. The van der Waals surface area contributed by atoms with Gasteiger partial charge in [0.05, 0.1) is 22.1 Å². The zero-order chi connectivity index (χ0) is 21.3. The van der Waals surface area contributed by atoms with Crippen molar-refractivity contribution < 1.29 is 18.7 Å². The number of hydrogen-bond acceptors (Lipinski definition) is 5. The molecule has 0 fully saturated rings. The van der Waals surface area contributed by atoms with Crippen molar-refractivity contribution in [2.75, 3.05) is 11.9 Å². The fourth-order valence-corrected chi connectivity index (χ4v) is 4.12. The lowest BCUT2D eigenvalue weighted by molar-refractivity contribution is -0.119. The molecule has 0 aliphatic heterocycles. The van der Waals surface area contributed by atoms with Gasteiger partial charge in [0.2, 0.25) is 0 Å². The molecule has 0 radical (unpaired) electrons. The predicted molar refractivity (Wildman–Crippen MR) is 114 cm³/mol. The second-order valence-electron chi connectivity index (χ2n) is 6.41. The van der Waals surface area contributed by atoms with E-state index in [1.54, 1.807) is 47.1 Å². The van der Waals surface area contributed by atoms with Crippen LogP contribution in [0.1, 0.15) is 15.4 Å². The molecule has 4 rings (SSSR count). The second kappa shape index (κ2) is 8.25. The van der Waals surface area contributed by atoms with Crippen LogP contribution in [0.15, 0.2) is 54.6 Å². The minimum absolute atomic E-state index is 0.340. The third kappa shape index (κ3) is 4.05. The van der Waals surface area contributed by atoms with Gasteiger partial charge in [0.15, 0.2) is 6.61 Å². The van der Waals surface area contributed by atoms with Crippen molar-refractivity contribution >= 4 is 50.7 Å². The summed E-state index contributed by atoms with van der Waals surface area (Å²) < 4.78 is 20.0. The number of thiophene rings is 1. The molecule has 4 aromatic rings. The van der Waals surface area contributed by atoms with Crippen molar-refractivity contribution in [3.8, 4) is 5.69 Å². The SMILES string of the molecule is Cc1nn(-c2ccc(F)cc2)c2sc(C(=O)OCC(=O)Nc3ccccc3Cl)cc12. The van der Waals surface area contributed by atoms with E-state index in [-0.39, 0.29) is 5.82 Å². The summed E-state index contributed by atoms with van der Waals surface area (Å²) in [6.45, 7) is 1.38. The zero-order valence-corrected chi connectivity index (χ0v) is 17.3. The second-order valence-corrected chi connectivity index (χ2v) is 7.85. The van der Waals surface area contributed by atoms with Gasteiger partial charge in [0.25, 0.3) is 5.91 Å². The third-order valence-electron chi connectivity index (χ3n) is 4.30. The molecule has 0 aliphatic carbocycles. The van der Waals surface area contributed by atoms with Crippen LogP contribution < -0.4 is 5.32 Å². The Morgan fingerprint density at radius 3 is 2.67 bits per heavy atom. The molecule has 2 aromatic carbocycles. The fourth-order valence-electron chi connectivity index (χ4n) is 2.86. The maximum absolute atomic E-state index is 13.2. The largest absolute Gasteiger partial charge is 0.451 e. The van der Waals surface area contributed by atoms with Gasteiger partial charge in [-0.3, -0.25) is 4.79 Å². The molecular weight excluding hydrogens is 429 g/mol. The van der Waals surface area contributed by atoms with E-state index >= 15 is 0 Å². The van der Waals surface area contributed by atoms with Crippen LogP contribution in [0, 0.1) is 12.7 Å². The van der Waals surface area contributed by atoms with Crippen molar-refractivity contribution in [1.29, 1.82) is 0 Å². The fraction of sp³-hybridized carbons (Fsp3) is 0.0952. The number of fused-ring (bicyclic) bond motifs is 1. The zero-order valence-electron chi connectivity index (χ0n) is 15.7. The summed E-state index contributed by atoms with van der Waals surface area (Å²) in [7, 11) is 0. The van der Waals surface area contributed by atoms with Crippen molar-refractivity contribution in [1.82, 2.24) is 9.78 Å². The highest BCUT2D eigenvalue weighted by molar-refractivity contribution is 7.20. The Hall–Kier alpha value is -3.23. The Labute approximate surface area is 179 Å². The minimum Gasteiger partial charge on any atom is -0.451 e. The molecule has 6 nitrogen and oxygen atoms in total. The Morgan fingerprint density at radius 1 is 1.20 bits per heavy atom. The summed E-state index contributed by atoms with van der Waals surface area (Å²) in [6, 6.07) is 14.4. The number of halogens is 2. The highest BCUT2D eigenvalue weighted by atomic mass is 35.5. The molecule has 0 unspecified atom stereocenters. The molecular formula is C21H15ClFN3O3S. The summed E-state index contributed by atoms with van der Waals surface area (Å²) in [5.74, 6) is -1.45. The van der Waals surface area contributed by atoms with Crippen molar-refractivity contribution in [3.05, 3.63) is 76.0 Å². The Kier molecular flexibility index (Phi) is 5.52. The van der Waals surface area contributed by atoms with Gasteiger partial charge in [-0.2, -0.15) is 5.10 Å². The van der Waals surface area contributed by atoms with E-state index in [2.05, 4.69) is 10.4 Å². The number of carbonyl (C=O) groups excluding carboxylic acids is 2. The Bertz CT molecular complexity index is 1250. The summed E-state index contributed by atoms with van der Waals surface area (Å²) in [5.41, 5.74) is 1.84. The van der Waals surface area contributed by atoms with Crippen LogP contribution in [-0.2, 0) is 9.53 Å². The number of para-hydroxylation sites is 1. The molecule has 2 heterocycles. The van der Waals surface area contributed by atoms with Crippen LogP contribution in [0.4, 0.5) is 10.1 Å². The van der Waals surface area contributed by atoms with Crippen LogP contribution in [0.3, 0.4) is 0 Å². The molecule has 1 N–H and O–H groups in total. The number of aryl methyl sites for hydroxylation is 1. The van der Waals surface area contributed by atoms with Gasteiger partial charge in [-0.15, -0.1) is 11.3 Å². The molecule has 0 saturated carbocycles. The maximum Gasteiger partial charge on any atom is 0.348 e. The minimum atomic E-state index is -0.615. The molecule has 0 bridgehead atoms. The number of ether oxygens (including phenoxy) is 1. The predicted octanol–water partition coefficient (Wildman–Crippen LogP) is 4.98. The number of carbonyl (C=O) groups is 2. The first-order valence-electron chi connectivity index (χ1n) is 8.89. The van der Waals surface area contributed by atoms with E-state index in [0.29, 0.717) is 21.3 Å². The van der Waals surface area contributed by atoms with Crippen molar-refractivity contribution in [2.45, 2.75) is 6.92 Å². The Morgan fingerprint density at radius 2 is 1.93 bits per heavy atom. The maximum atomic E-state index is 13.2. The molecule has 152 valence electrons. The number of hydrogen-bond donors (Lipinski definition) is 1. The van der Waals surface area contributed by atoms with Crippen LogP contribution in [0.2, 0.25) is 5.02 Å². The monoisotopic (exact) mass is 443 g/mol. The molecule has 30 heavy (non-hydrogen) atoms. The number of benzene rings is 2. The lowest BCUT2D eigenvalue weighted by Crippen LogP contribution is -2.20. The van der Waals surface area contributed by atoms with Gasteiger partial charge in [0.1, 0.15) is 15.5 Å². The van der Waals surface area contributed by atoms with Gasteiger partial charge in [0, 0.05) is 5.39 Å². The Balaban J connectivity index is 1.48. The summed E-state index contributed by atoms with van der Waals surface area (Å²) >= 11 is 7.19. The first kappa shape index (κ1) is 20.1. The molecule has 0 saturated heterocycles. The van der Waals surface area contributed by atoms with Crippen LogP contribution >= 0.6 is 22.9 Å². The number of anilines is 1. The number of nitrogens with one attached hydrogen (secondary N) is 1. The number of esters is 1. The summed E-state index contributed by atoms with van der Waals surface area (Å²) in [4.78, 5) is 25.6. The third-order valence-corrected chi connectivity index (χ3v) is 5.72. The summed E-state index contributed by atoms with van der Waals surface area (Å²) in [5, 5.41) is 8.23. The van der Waals surface area contributed by atoms with Gasteiger partial charge in [-0.1, -0.05) is 23.7 Å². The van der Waals surface area contributed by atoms with E-state index in [1.807, 2.05) is 6.92 Å². The average Bonchev–Trinajstić information content (AvgIpc) is 3.29. The lowest BCUT2D eigenvalue weighted by Gasteiger charge is -2.07. The van der Waals surface area contributed by atoms with E-state index in [0.717, 1.165) is 15.9 Å². The molecule has 9 heteroatoms. The normalized spacial score (nSPS) is 10.9. The van der Waals surface area contributed by atoms with Crippen molar-refractivity contribution in [3.63, 3.8) is 0 Å². The number of rotatable bonds is 5. The molecule has 1 amide bonds. The topological polar surface area (TPSA) is 73.2 Å². The molecule has 0 aliphatic rings. The molecule has 2 aromatic heterocycles. The lowest BCUT2D eigenvalue weighted by atomic mass is 10.3. The smallest absolute Gasteiger partial charge is 0.348 e. The van der Waals surface area contributed by atoms with Gasteiger partial charge >= 0.3 is 5.97 Å². The van der Waals surface area contributed by atoms with E-state index in [9.17, 15) is 14.0 Å². The average molecular weight is 444 g/mol. The first-order chi connectivity index (χ1) is 14.4. The number of nitrogens with zero attached hydrogens (tertiary/aromatic N) is 2. The first-order valence-corrected chi connectivity index (χ1v) is 10.1. The van der Waals surface area contributed by atoms with Crippen LogP contribution in [0.25, 0.3) is 15.9 Å². The van der Waals surface area contributed by atoms with Gasteiger partial charge < -0.3 is 10.1 Å². The van der Waals surface area contributed by atoms with Crippen LogP contribution in [0.5, 0.6) is 0 Å². The van der Waals surface area contributed by atoms with Gasteiger partial charge in [-0.05, 0) is 49.4 Å². The van der Waals surface area contributed by atoms with Crippen molar-refractivity contribution in [2.24, 2.45) is 0 Å². The van der Waals surface area contributed by atoms with Gasteiger partial charge in [-0.25, -0.2) is 13.9 Å². The summed E-state index contributed by atoms with van der Waals surface area (Å²) in [6.07, 6.45) is 0. The standard InChI is InChI=1S/C21H15ClFN3O3S/c1-12-15-10-18(30-20(15)26(25-12)14-8-6-13(23)7-9-14)21(28)29-11-19(27)24-17-5-3-2-4-16(17)22/h2-10H,11H2,1H3,(H,24,27). The number of aromatic nitrogens is 2. The van der Waals surface area contributed by atoms with E-state index in [1.165, 1.54) is 23.5 Å². The molecule has 0 atom stereocenters. The van der Waals surface area contributed by atoms with E-state index < -0.39 is 18.5 Å². The highest BCUT2D eigenvalue weighted by Gasteiger charge is 2.19.